The zero-order chi connectivity index (χ0) is 11.3. The topological polar surface area (TPSA) is 49.6 Å². The predicted molar refractivity (Wildman–Crippen MR) is 65.0 cm³/mol. The molecular weight excluding hydrogens is 210 g/mol. The van der Waals surface area contributed by atoms with Gasteiger partial charge in [-0.05, 0) is 45.1 Å². The second kappa shape index (κ2) is 5.50. The molecule has 0 aliphatic heterocycles. The smallest absolute Gasteiger partial charge is 0.187 e. The third kappa shape index (κ3) is 4.60. The predicted octanol–water partition coefficient (Wildman–Crippen LogP) is 1.79. The van der Waals surface area contributed by atoms with Gasteiger partial charge in [-0.25, -0.2) is 0 Å². The van der Waals surface area contributed by atoms with Crippen molar-refractivity contribution >= 4 is 23.5 Å². The highest BCUT2D eigenvalue weighted by atomic mass is 32.1. The molecule has 0 amide bonds. The highest BCUT2D eigenvalue weighted by Crippen LogP contribution is 2.02. The minimum absolute atomic E-state index is 0.297. The van der Waals surface area contributed by atoms with Gasteiger partial charge >= 0.3 is 0 Å². The maximum absolute atomic E-state index is 5.29. The fourth-order valence-electron chi connectivity index (χ4n) is 0.972. The highest BCUT2D eigenvalue weighted by Gasteiger charge is 1.96. The van der Waals surface area contributed by atoms with E-state index in [9.17, 15) is 0 Å². The van der Waals surface area contributed by atoms with Crippen LogP contribution in [-0.2, 0) is 0 Å². The Balaban J connectivity index is 2.36. The lowest BCUT2D eigenvalue weighted by molar-refractivity contribution is 0.527. The standard InChI is InChI=1S/C10H15N3OS/c1-7(2)12-10(15)13-11-6-9-5-4-8(3)14-9/h4-7H,1-3H3,(H2,12,13,15)/b11-6-. The van der Waals surface area contributed by atoms with Crippen molar-refractivity contribution in [3.05, 3.63) is 23.7 Å². The van der Waals surface area contributed by atoms with Crippen LogP contribution in [0.3, 0.4) is 0 Å². The number of aryl methyl sites for hydroxylation is 1. The number of rotatable bonds is 3. The fourth-order valence-corrected chi connectivity index (χ4v) is 1.26. The normalized spacial score (nSPS) is 10.9. The van der Waals surface area contributed by atoms with Gasteiger partial charge in [0.15, 0.2) is 5.11 Å². The van der Waals surface area contributed by atoms with Crippen molar-refractivity contribution < 1.29 is 4.42 Å². The second-order valence-electron chi connectivity index (χ2n) is 3.45. The lowest BCUT2D eigenvalue weighted by Crippen LogP contribution is -2.36. The molecule has 1 heterocycles. The van der Waals surface area contributed by atoms with Gasteiger partial charge in [-0.15, -0.1) is 0 Å². The van der Waals surface area contributed by atoms with Crippen LogP contribution in [0.1, 0.15) is 25.4 Å². The fraction of sp³-hybridized carbons (Fsp3) is 0.400. The molecule has 0 saturated carbocycles. The molecule has 1 aromatic rings. The van der Waals surface area contributed by atoms with E-state index in [2.05, 4.69) is 15.8 Å². The van der Waals surface area contributed by atoms with Crippen molar-refractivity contribution in [1.82, 2.24) is 10.7 Å². The summed E-state index contributed by atoms with van der Waals surface area (Å²) in [5.74, 6) is 1.56. The first-order valence-electron chi connectivity index (χ1n) is 4.74. The van der Waals surface area contributed by atoms with Crippen molar-refractivity contribution in [3.63, 3.8) is 0 Å². The quantitative estimate of drug-likeness (QED) is 0.468. The Bertz CT molecular complexity index is 357. The van der Waals surface area contributed by atoms with E-state index in [1.807, 2.05) is 32.9 Å². The summed E-state index contributed by atoms with van der Waals surface area (Å²) in [6.07, 6.45) is 1.58. The van der Waals surface area contributed by atoms with Gasteiger partial charge in [0, 0.05) is 6.04 Å². The molecule has 0 aliphatic carbocycles. The molecule has 5 heteroatoms. The molecule has 15 heavy (non-hydrogen) atoms. The molecule has 1 rings (SSSR count). The second-order valence-corrected chi connectivity index (χ2v) is 3.85. The molecule has 4 nitrogen and oxygen atoms in total. The van der Waals surface area contributed by atoms with Gasteiger partial charge < -0.3 is 9.73 Å². The van der Waals surface area contributed by atoms with Crippen LogP contribution in [0.4, 0.5) is 0 Å². The van der Waals surface area contributed by atoms with Crippen LogP contribution in [-0.4, -0.2) is 17.4 Å². The van der Waals surface area contributed by atoms with Gasteiger partial charge in [0.05, 0.1) is 6.21 Å². The Morgan fingerprint density at radius 2 is 2.27 bits per heavy atom. The lowest BCUT2D eigenvalue weighted by Gasteiger charge is -2.08. The van der Waals surface area contributed by atoms with Crippen molar-refractivity contribution in [2.45, 2.75) is 26.8 Å². The SMILES string of the molecule is Cc1ccc(/C=N\NC(=S)NC(C)C)o1. The van der Waals surface area contributed by atoms with Crippen molar-refractivity contribution in [3.8, 4) is 0 Å². The molecule has 0 atom stereocenters. The van der Waals surface area contributed by atoms with Gasteiger partial charge in [-0.2, -0.15) is 5.10 Å². The third-order valence-corrected chi connectivity index (χ3v) is 1.75. The van der Waals surface area contributed by atoms with E-state index in [4.69, 9.17) is 16.6 Å². The molecular formula is C10H15N3OS. The summed E-state index contributed by atoms with van der Waals surface area (Å²) >= 11 is 4.98. The molecule has 0 saturated heterocycles. The van der Waals surface area contributed by atoms with Crippen LogP contribution >= 0.6 is 12.2 Å². The summed E-state index contributed by atoms with van der Waals surface area (Å²) < 4.78 is 5.29. The number of hydrazone groups is 1. The summed E-state index contributed by atoms with van der Waals surface area (Å²) in [6.45, 7) is 5.90. The monoisotopic (exact) mass is 225 g/mol. The molecule has 0 aliphatic rings. The van der Waals surface area contributed by atoms with E-state index in [-0.39, 0.29) is 0 Å². The van der Waals surface area contributed by atoms with Crippen molar-refractivity contribution in [1.29, 1.82) is 0 Å². The van der Waals surface area contributed by atoms with Gasteiger partial charge in [-0.3, -0.25) is 5.43 Å². The molecule has 0 aromatic carbocycles. The van der Waals surface area contributed by atoms with Gasteiger partial charge in [0.2, 0.25) is 0 Å². The van der Waals surface area contributed by atoms with Crippen LogP contribution in [0.5, 0.6) is 0 Å². The number of furan rings is 1. The largest absolute Gasteiger partial charge is 0.460 e. The zero-order valence-corrected chi connectivity index (χ0v) is 9.89. The minimum atomic E-state index is 0.297. The molecule has 0 bridgehead atoms. The Morgan fingerprint density at radius 1 is 1.53 bits per heavy atom. The van der Waals surface area contributed by atoms with Crippen molar-refractivity contribution in [2.24, 2.45) is 5.10 Å². The highest BCUT2D eigenvalue weighted by molar-refractivity contribution is 7.80. The number of nitrogens with zero attached hydrogens (tertiary/aromatic N) is 1. The Labute approximate surface area is 94.7 Å². The minimum Gasteiger partial charge on any atom is -0.460 e. The molecule has 0 radical (unpaired) electrons. The third-order valence-electron chi connectivity index (χ3n) is 1.54. The maximum Gasteiger partial charge on any atom is 0.187 e. The first-order chi connectivity index (χ1) is 7.08. The number of hydrogen-bond acceptors (Lipinski definition) is 3. The van der Waals surface area contributed by atoms with Crippen molar-refractivity contribution in [2.75, 3.05) is 0 Å². The molecule has 1 aromatic heterocycles. The van der Waals surface area contributed by atoms with Gasteiger partial charge in [-0.1, -0.05) is 0 Å². The zero-order valence-electron chi connectivity index (χ0n) is 9.07. The molecule has 2 N–H and O–H groups in total. The Kier molecular flexibility index (Phi) is 4.30. The summed E-state index contributed by atoms with van der Waals surface area (Å²) in [5, 5.41) is 7.45. The molecule has 0 spiro atoms. The number of thiocarbonyl (C=S) groups is 1. The van der Waals surface area contributed by atoms with Crippen LogP contribution in [0.25, 0.3) is 0 Å². The average Bonchev–Trinajstić information content (AvgIpc) is 2.50. The Hall–Kier alpha value is -1.36. The molecule has 0 fully saturated rings. The first kappa shape index (κ1) is 11.7. The van der Waals surface area contributed by atoms with E-state index in [1.165, 1.54) is 0 Å². The summed E-state index contributed by atoms with van der Waals surface area (Å²) in [6, 6.07) is 4.02. The van der Waals surface area contributed by atoms with Crippen LogP contribution in [0.15, 0.2) is 21.7 Å². The van der Waals surface area contributed by atoms with E-state index in [1.54, 1.807) is 6.21 Å². The number of nitrogens with one attached hydrogen (secondary N) is 2. The van der Waals surface area contributed by atoms with E-state index < -0.39 is 0 Å². The van der Waals surface area contributed by atoms with Crippen LogP contribution in [0, 0.1) is 6.92 Å². The van der Waals surface area contributed by atoms with E-state index in [0.29, 0.717) is 16.9 Å². The molecule has 0 unspecified atom stereocenters. The van der Waals surface area contributed by atoms with Crippen LogP contribution in [0.2, 0.25) is 0 Å². The molecule has 82 valence electrons. The van der Waals surface area contributed by atoms with Gasteiger partial charge in [0.1, 0.15) is 11.5 Å². The summed E-state index contributed by atoms with van der Waals surface area (Å²) in [5.41, 5.74) is 2.70. The van der Waals surface area contributed by atoms with E-state index >= 15 is 0 Å². The maximum atomic E-state index is 5.29. The first-order valence-corrected chi connectivity index (χ1v) is 5.15. The van der Waals surface area contributed by atoms with Crippen LogP contribution < -0.4 is 10.7 Å². The number of hydrogen-bond donors (Lipinski definition) is 2. The lowest BCUT2D eigenvalue weighted by atomic mass is 10.4. The summed E-state index contributed by atoms with van der Waals surface area (Å²) in [7, 11) is 0. The Morgan fingerprint density at radius 3 is 2.80 bits per heavy atom. The van der Waals surface area contributed by atoms with E-state index in [0.717, 1.165) is 5.76 Å². The summed E-state index contributed by atoms with van der Waals surface area (Å²) in [4.78, 5) is 0. The average molecular weight is 225 g/mol. The van der Waals surface area contributed by atoms with Gasteiger partial charge in [0.25, 0.3) is 0 Å².